The maximum atomic E-state index is 5.60. The minimum Gasteiger partial charge on any atom is -0.444 e. The van der Waals surface area contributed by atoms with Crippen molar-refractivity contribution in [3.63, 3.8) is 0 Å². The van der Waals surface area contributed by atoms with Crippen molar-refractivity contribution < 1.29 is 4.42 Å². The van der Waals surface area contributed by atoms with E-state index < -0.39 is 0 Å². The second-order valence-electron chi connectivity index (χ2n) is 8.38. The summed E-state index contributed by atoms with van der Waals surface area (Å²) in [7, 11) is 1.79. The zero-order valence-corrected chi connectivity index (χ0v) is 22.4. The molecule has 2 heterocycles. The lowest BCUT2D eigenvalue weighted by molar-refractivity contribution is 0.255. The van der Waals surface area contributed by atoms with E-state index in [4.69, 9.17) is 4.42 Å². The Morgan fingerprint density at radius 3 is 2.56 bits per heavy atom. The third kappa shape index (κ3) is 7.46. The molecule has 0 saturated carbocycles. The van der Waals surface area contributed by atoms with Gasteiger partial charge < -0.3 is 20.0 Å². The Hall–Kier alpha value is -2.59. The van der Waals surface area contributed by atoms with Gasteiger partial charge >= 0.3 is 0 Å². The summed E-state index contributed by atoms with van der Waals surface area (Å²) in [5, 5.41) is 6.72. The average Bonchev–Trinajstić information content (AvgIpc) is 3.34. The normalized spacial score (nSPS) is 14.5. The minimum atomic E-state index is 0. The van der Waals surface area contributed by atoms with E-state index in [0.717, 1.165) is 62.9 Å². The molecule has 34 heavy (non-hydrogen) atoms. The van der Waals surface area contributed by atoms with Gasteiger partial charge in [-0.25, -0.2) is 4.98 Å². The Morgan fingerprint density at radius 1 is 1.03 bits per heavy atom. The molecule has 0 radical (unpaired) electrons. The molecule has 0 unspecified atom stereocenters. The smallest absolute Gasteiger partial charge is 0.226 e. The second-order valence-corrected chi connectivity index (χ2v) is 8.38. The van der Waals surface area contributed by atoms with Gasteiger partial charge in [-0.1, -0.05) is 30.3 Å². The van der Waals surface area contributed by atoms with Gasteiger partial charge in [-0.15, -0.1) is 24.0 Å². The van der Waals surface area contributed by atoms with Crippen LogP contribution in [0.5, 0.6) is 0 Å². The molecular formula is C26H35IN6O. The number of piperazine rings is 1. The first-order valence-electron chi connectivity index (χ1n) is 11.7. The molecule has 3 aromatic rings. The molecule has 1 aliphatic heterocycles. The van der Waals surface area contributed by atoms with E-state index >= 15 is 0 Å². The molecule has 0 aliphatic carbocycles. The molecule has 4 rings (SSSR count). The van der Waals surface area contributed by atoms with Gasteiger partial charge in [0.05, 0.1) is 12.2 Å². The third-order valence-electron chi connectivity index (χ3n) is 5.92. The fourth-order valence-electron chi connectivity index (χ4n) is 4.06. The molecule has 2 aromatic carbocycles. The topological polar surface area (TPSA) is 68.9 Å². The second kappa shape index (κ2) is 13.3. The van der Waals surface area contributed by atoms with E-state index in [-0.39, 0.29) is 24.0 Å². The predicted molar refractivity (Wildman–Crippen MR) is 150 cm³/mol. The number of guanidine groups is 1. The van der Waals surface area contributed by atoms with Crippen molar-refractivity contribution in [2.24, 2.45) is 4.99 Å². The van der Waals surface area contributed by atoms with E-state index in [9.17, 15) is 0 Å². The molecule has 0 bridgehead atoms. The van der Waals surface area contributed by atoms with E-state index in [2.05, 4.69) is 61.6 Å². The molecule has 0 amide bonds. The Balaban J connectivity index is 0.00000324. The molecule has 1 saturated heterocycles. The SMILES string of the molecule is CN=C(NCCCN1CCN(c2cccc(C)c2)CC1)NCc1coc(-c2ccccc2)n1.I. The van der Waals surface area contributed by atoms with Crippen LogP contribution in [0.15, 0.2) is 70.3 Å². The summed E-state index contributed by atoms with van der Waals surface area (Å²) in [4.78, 5) is 13.9. The zero-order valence-electron chi connectivity index (χ0n) is 20.0. The van der Waals surface area contributed by atoms with E-state index in [1.165, 1.54) is 11.3 Å². The Labute approximate surface area is 219 Å². The quantitative estimate of drug-likeness (QED) is 0.183. The number of aromatic nitrogens is 1. The molecule has 0 atom stereocenters. The molecule has 2 N–H and O–H groups in total. The first kappa shape index (κ1) is 26.0. The number of benzene rings is 2. The van der Waals surface area contributed by atoms with Crippen LogP contribution in [0, 0.1) is 6.92 Å². The highest BCUT2D eigenvalue weighted by Crippen LogP contribution is 2.18. The van der Waals surface area contributed by atoms with E-state index in [0.29, 0.717) is 12.4 Å². The summed E-state index contributed by atoms with van der Waals surface area (Å²) in [6, 6.07) is 18.7. The standard InChI is InChI=1S/C26H34N6O.HI/c1-21-8-6-11-24(18-21)32-16-14-31(15-17-32)13-7-12-28-26(27-2)29-19-23-20-33-25(30-23)22-9-4-3-5-10-22;/h3-6,8-11,18,20H,7,12-17,19H2,1-2H3,(H2,27,28,29);1H. The summed E-state index contributed by atoms with van der Waals surface area (Å²) in [6.07, 6.45) is 2.77. The number of hydrogen-bond donors (Lipinski definition) is 2. The molecule has 8 heteroatoms. The van der Waals surface area contributed by atoms with Gasteiger partial charge in [-0.3, -0.25) is 9.89 Å². The number of nitrogens with zero attached hydrogens (tertiary/aromatic N) is 4. The molecular weight excluding hydrogens is 539 g/mol. The largest absolute Gasteiger partial charge is 0.444 e. The maximum absolute atomic E-state index is 5.60. The third-order valence-corrected chi connectivity index (χ3v) is 5.92. The zero-order chi connectivity index (χ0) is 22.9. The van der Waals surface area contributed by atoms with Gasteiger partial charge in [-0.05, 0) is 49.7 Å². The number of oxazole rings is 1. The van der Waals surface area contributed by atoms with Crippen LogP contribution >= 0.6 is 24.0 Å². The van der Waals surface area contributed by atoms with Crippen LogP contribution in [-0.2, 0) is 6.54 Å². The first-order valence-corrected chi connectivity index (χ1v) is 11.7. The molecule has 1 aromatic heterocycles. The Bertz CT molecular complexity index is 1030. The fourth-order valence-corrected chi connectivity index (χ4v) is 4.06. The summed E-state index contributed by atoms with van der Waals surface area (Å²) in [5.74, 6) is 1.42. The van der Waals surface area contributed by atoms with Crippen molar-refractivity contribution in [2.45, 2.75) is 19.9 Å². The van der Waals surface area contributed by atoms with Crippen LogP contribution in [0.25, 0.3) is 11.5 Å². The maximum Gasteiger partial charge on any atom is 0.226 e. The summed E-state index contributed by atoms with van der Waals surface area (Å²) >= 11 is 0. The van der Waals surface area contributed by atoms with E-state index in [1.807, 2.05) is 30.3 Å². The lowest BCUT2D eigenvalue weighted by Crippen LogP contribution is -2.47. The summed E-state index contributed by atoms with van der Waals surface area (Å²) in [5.41, 5.74) is 4.49. The van der Waals surface area contributed by atoms with Gasteiger partial charge in [0.2, 0.25) is 5.89 Å². The minimum absolute atomic E-state index is 0. The van der Waals surface area contributed by atoms with Crippen LogP contribution in [0.4, 0.5) is 5.69 Å². The van der Waals surface area contributed by atoms with Crippen LogP contribution in [-0.4, -0.2) is 62.2 Å². The summed E-state index contributed by atoms with van der Waals surface area (Å²) < 4.78 is 5.60. The van der Waals surface area contributed by atoms with Gasteiger partial charge in [0, 0.05) is 51.0 Å². The number of aryl methyl sites for hydroxylation is 1. The van der Waals surface area contributed by atoms with Crippen LogP contribution < -0.4 is 15.5 Å². The van der Waals surface area contributed by atoms with Crippen LogP contribution in [0.1, 0.15) is 17.7 Å². The molecule has 7 nitrogen and oxygen atoms in total. The van der Waals surface area contributed by atoms with E-state index in [1.54, 1.807) is 13.3 Å². The number of nitrogens with one attached hydrogen (secondary N) is 2. The fraction of sp³-hybridized carbons (Fsp3) is 0.385. The number of hydrogen-bond acceptors (Lipinski definition) is 5. The van der Waals surface area contributed by atoms with Crippen molar-refractivity contribution in [1.29, 1.82) is 0 Å². The lowest BCUT2D eigenvalue weighted by atomic mass is 10.2. The van der Waals surface area contributed by atoms with Crippen molar-refractivity contribution in [3.05, 3.63) is 72.1 Å². The Morgan fingerprint density at radius 2 is 1.82 bits per heavy atom. The lowest BCUT2D eigenvalue weighted by Gasteiger charge is -2.36. The average molecular weight is 575 g/mol. The van der Waals surface area contributed by atoms with Crippen LogP contribution in [0.3, 0.4) is 0 Å². The molecule has 0 spiro atoms. The predicted octanol–water partition coefficient (Wildman–Crippen LogP) is 4.15. The van der Waals surface area contributed by atoms with Crippen molar-refractivity contribution in [2.75, 3.05) is 51.2 Å². The van der Waals surface area contributed by atoms with Gasteiger partial charge in [0.15, 0.2) is 5.96 Å². The van der Waals surface area contributed by atoms with Crippen LogP contribution in [0.2, 0.25) is 0 Å². The number of halogens is 1. The van der Waals surface area contributed by atoms with Crippen molar-refractivity contribution in [1.82, 2.24) is 20.5 Å². The summed E-state index contributed by atoms with van der Waals surface area (Å²) in [6.45, 7) is 9.08. The highest BCUT2D eigenvalue weighted by atomic mass is 127. The number of rotatable bonds is 8. The number of aliphatic imine (C=N–C) groups is 1. The van der Waals surface area contributed by atoms with Gasteiger partial charge in [-0.2, -0.15) is 0 Å². The monoisotopic (exact) mass is 574 g/mol. The highest BCUT2D eigenvalue weighted by molar-refractivity contribution is 14.0. The molecule has 182 valence electrons. The highest BCUT2D eigenvalue weighted by Gasteiger charge is 2.16. The van der Waals surface area contributed by atoms with Gasteiger partial charge in [0.25, 0.3) is 0 Å². The van der Waals surface area contributed by atoms with Gasteiger partial charge in [0.1, 0.15) is 6.26 Å². The van der Waals surface area contributed by atoms with Crippen molar-refractivity contribution in [3.8, 4) is 11.5 Å². The Kier molecular flexibility index (Phi) is 10.2. The number of anilines is 1. The first-order chi connectivity index (χ1) is 16.2. The molecule has 1 fully saturated rings. The van der Waals surface area contributed by atoms with Crippen molar-refractivity contribution >= 4 is 35.6 Å². The molecule has 1 aliphatic rings.